The van der Waals surface area contributed by atoms with Crippen LogP contribution < -0.4 is 24.8 Å². The van der Waals surface area contributed by atoms with Crippen molar-refractivity contribution in [3.05, 3.63) is 73.2 Å². The van der Waals surface area contributed by atoms with E-state index in [0.717, 1.165) is 3.63 Å². The van der Waals surface area contributed by atoms with E-state index in [4.69, 9.17) is 0 Å². The molecule has 0 fully saturated rings. The van der Waals surface area contributed by atoms with E-state index in [0.29, 0.717) is 0 Å². The third-order valence-electron chi connectivity index (χ3n) is 6.00. The summed E-state index contributed by atoms with van der Waals surface area (Å²) in [5.74, 6) is 0. The summed E-state index contributed by atoms with van der Waals surface area (Å²) in [6, 6.07) is 9.30. The van der Waals surface area contributed by atoms with Crippen LogP contribution in [0.1, 0.15) is 43.2 Å². The zero-order chi connectivity index (χ0) is 18.3. The molecular weight excluding hydrogens is 478 g/mol. The third-order valence-corrected chi connectivity index (χ3v) is 12.2. The van der Waals surface area contributed by atoms with Crippen LogP contribution >= 0.6 is 0 Å². The number of aryl methyl sites for hydroxylation is 1. The van der Waals surface area contributed by atoms with E-state index in [1.165, 1.54) is 43.2 Å². The van der Waals surface area contributed by atoms with Gasteiger partial charge in [0, 0.05) is 0 Å². The molecule has 0 saturated carbocycles. The van der Waals surface area contributed by atoms with Gasteiger partial charge in [-0.3, -0.25) is 0 Å². The van der Waals surface area contributed by atoms with Gasteiger partial charge in [0.05, 0.1) is 0 Å². The molecule has 4 rings (SSSR count). The zero-order valence-electron chi connectivity index (χ0n) is 17.4. The molecule has 0 amide bonds. The fourth-order valence-electron chi connectivity index (χ4n) is 4.40. The average Bonchev–Trinajstić information content (AvgIpc) is 3.21. The number of hydrogen-bond donors (Lipinski definition) is 0. The zero-order valence-corrected chi connectivity index (χ0v) is 22.4. The van der Waals surface area contributed by atoms with Crippen LogP contribution in [-0.2, 0) is 23.2 Å². The van der Waals surface area contributed by atoms with Crippen molar-refractivity contribution in [1.29, 1.82) is 0 Å². The summed E-state index contributed by atoms with van der Waals surface area (Å²) >= 11 is -0.626. The fourth-order valence-corrected chi connectivity index (χ4v) is 10.4. The molecule has 28 heavy (non-hydrogen) atoms. The van der Waals surface area contributed by atoms with Gasteiger partial charge in [0.25, 0.3) is 0 Å². The van der Waals surface area contributed by atoms with Crippen molar-refractivity contribution < 1.29 is 48.0 Å². The van der Waals surface area contributed by atoms with Crippen LogP contribution in [0.5, 0.6) is 0 Å². The predicted octanol–water partition coefficient (Wildman–Crippen LogP) is 1.23. The van der Waals surface area contributed by atoms with Crippen LogP contribution in [0.3, 0.4) is 0 Å². The van der Waals surface area contributed by atoms with Gasteiger partial charge in [-0.15, -0.1) is 0 Å². The molecule has 0 saturated heterocycles. The van der Waals surface area contributed by atoms with Gasteiger partial charge in [-0.05, 0) is 0 Å². The van der Waals surface area contributed by atoms with Crippen LogP contribution in [0.25, 0.3) is 5.57 Å². The van der Waals surface area contributed by atoms with Crippen molar-refractivity contribution >= 4 is 13.6 Å². The van der Waals surface area contributed by atoms with Gasteiger partial charge < -0.3 is 24.8 Å². The normalized spacial score (nSPS) is 21.0. The first-order valence-corrected chi connectivity index (χ1v) is 16.2. The second-order valence-corrected chi connectivity index (χ2v) is 17.9. The fraction of sp³-hybridized carbons (Fsp3) is 0.417. The van der Waals surface area contributed by atoms with Crippen LogP contribution in [0.4, 0.5) is 0 Å². The van der Waals surface area contributed by atoms with E-state index >= 15 is 0 Å². The van der Waals surface area contributed by atoms with Gasteiger partial charge in [0.2, 0.25) is 0 Å². The summed E-state index contributed by atoms with van der Waals surface area (Å²) in [5.41, 5.74) is 8.04. The van der Waals surface area contributed by atoms with Gasteiger partial charge in [-0.1, -0.05) is 0 Å². The topological polar surface area (TPSA) is 0 Å². The van der Waals surface area contributed by atoms with E-state index in [1.807, 2.05) is 8.85 Å². The summed E-state index contributed by atoms with van der Waals surface area (Å²) in [7, 11) is -1.16. The maximum atomic E-state index is 2.63. The molecule has 3 aliphatic carbocycles. The van der Waals surface area contributed by atoms with Crippen molar-refractivity contribution in [2.45, 2.75) is 62.3 Å². The van der Waals surface area contributed by atoms with Crippen LogP contribution in [0.15, 0.2) is 62.1 Å². The molecule has 1 atom stereocenters. The van der Waals surface area contributed by atoms with Gasteiger partial charge >= 0.3 is 172 Å². The molecule has 1 unspecified atom stereocenters. The number of benzene rings is 1. The summed E-state index contributed by atoms with van der Waals surface area (Å²) in [6.07, 6.45) is 14.5. The predicted molar refractivity (Wildman–Crippen MR) is 113 cm³/mol. The molecule has 1 aromatic rings. The molecule has 4 heteroatoms. The summed E-state index contributed by atoms with van der Waals surface area (Å²) < 4.78 is 2.62. The van der Waals surface area contributed by atoms with Gasteiger partial charge in [-0.2, -0.15) is 0 Å². The minimum absolute atomic E-state index is 0. The first-order chi connectivity index (χ1) is 12.4. The minimum Gasteiger partial charge on any atom is -1.00 e. The molecule has 0 N–H and O–H groups in total. The molecule has 0 heterocycles. The Bertz CT molecular complexity index is 838. The average molecular weight is 509 g/mol. The molecule has 0 radical (unpaired) electrons. The minimum atomic E-state index is -1.16. The maximum Gasteiger partial charge on any atom is -1.00 e. The number of hydrogen-bond acceptors (Lipinski definition) is 0. The smallest absolute Gasteiger partial charge is 1.00 e. The molecule has 0 aromatic heterocycles. The Morgan fingerprint density at radius 1 is 0.929 bits per heavy atom. The quantitative estimate of drug-likeness (QED) is 0.537. The van der Waals surface area contributed by atoms with E-state index < -0.39 is 31.3 Å². The van der Waals surface area contributed by atoms with Crippen LogP contribution in [0, 0.1) is 6.92 Å². The van der Waals surface area contributed by atoms with Crippen molar-refractivity contribution in [1.82, 2.24) is 0 Å². The van der Waals surface area contributed by atoms with E-state index in [-0.39, 0.29) is 24.8 Å². The standard InChI is InChI=1S/C16H17.C8H13Si.2ClH.Zr/c1-12-6-8-13(9-7-12)16-10-14-4-2-3-5-15(14)11-16;1-9(2,3)8-6-4-5-7-8;;;/h6-11H,2-5H2,1H3;6-7H,4H2,1-3H3;2*1H;/q;;;;+2/p-2. The Labute approximate surface area is 196 Å². The van der Waals surface area contributed by atoms with Crippen LogP contribution in [0.2, 0.25) is 23.3 Å². The van der Waals surface area contributed by atoms with Gasteiger partial charge in [0.15, 0.2) is 0 Å². The molecule has 148 valence electrons. The van der Waals surface area contributed by atoms with Crippen molar-refractivity contribution in [2.75, 3.05) is 0 Å². The Hall–Kier alpha value is -0.140. The van der Waals surface area contributed by atoms with E-state index in [2.05, 4.69) is 69.1 Å². The summed E-state index contributed by atoms with van der Waals surface area (Å²) in [6.45, 7) is 9.64. The summed E-state index contributed by atoms with van der Waals surface area (Å²) in [4.78, 5) is 0. The molecule has 0 nitrogen and oxygen atoms in total. The monoisotopic (exact) mass is 506 g/mol. The van der Waals surface area contributed by atoms with Gasteiger partial charge in [0.1, 0.15) is 0 Å². The Morgan fingerprint density at radius 3 is 2.25 bits per heavy atom. The maximum absolute atomic E-state index is 2.63. The number of allylic oxidation sites excluding steroid dienone is 8. The van der Waals surface area contributed by atoms with Crippen LogP contribution in [-0.4, -0.2) is 8.07 Å². The van der Waals surface area contributed by atoms with E-state index in [1.54, 1.807) is 16.3 Å². The van der Waals surface area contributed by atoms with Crippen molar-refractivity contribution in [3.63, 3.8) is 0 Å². The first kappa shape index (κ1) is 24.1. The van der Waals surface area contributed by atoms with Crippen molar-refractivity contribution in [2.24, 2.45) is 0 Å². The molecule has 0 spiro atoms. The largest absolute Gasteiger partial charge is 1.00 e. The first-order valence-electron chi connectivity index (χ1n) is 10.1. The van der Waals surface area contributed by atoms with E-state index in [9.17, 15) is 0 Å². The third kappa shape index (κ3) is 5.12. The Kier molecular flexibility index (Phi) is 8.43. The SMILES string of the molecule is Cc1ccc(C2=CC3=C(CCCC3)[CH]2[Zr+2][C]2=CC([Si](C)(C)C)=CC2)cc1.[Cl-].[Cl-]. The Morgan fingerprint density at radius 2 is 1.61 bits per heavy atom. The second-order valence-electron chi connectivity index (χ2n) is 9.08. The van der Waals surface area contributed by atoms with Crippen molar-refractivity contribution in [3.8, 4) is 0 Å². The summed E-state index contributed by atoms with van der Waals surface area (Å²) in [5, 5.41) is 1.70. The molecular formula is C24H30Cl2SiZr. The number of halogens is 2. The second kappa shape index (κ2) is 9.78. The molecule has 1 aromatic carbocycles. The molecule has 0 aliphatic heterocycles. The Balaban J connectivity index is 0.00000140. The molecule has 0 bridgehead atoms. The molecule has 3 aliphatic rings. The number of rotatable bonds is 4. The van der Waals surface area contributed by atoms with Gasteiger partial charge in [-0.25, -0.2) is 0 Å².